The second-order valence-corrected chi connectivity index (χ2v) is 7.58. The lowest BCUT2D eigenvalue weighted by Gasteiger charge is -2.24. The summed E-state index contributed by atoms with van der Waals surface area (Å²) in [4.78, 5) is 12.4. The smallest absolute Gasteiger partial charge is 0.264 e. The van der Waals surface area contributed by atoms with Crippen LogP contribution in [0.2, 0.25) is 0 Å². The van der Waals surface area contributed by atoms with Gasteiger partial charge in [0.1, 0.15) is 12.3 Å². The summed E-state index contributed by atoms with van der Waals surface area (Å²) in [5.41, 5.74) is 0.352. The van der Waals surface area contributed by atoms with Crippen LogP contribution in [0.25, 0.3) is 0 Å². The van der Waals surface area contributed by atoms with Crippen molar-refractivity contribution in [2.75, 3.05) is 38.2 Å². The van der Waals surface area contributed by atoms with Crippen LogP contribution in [-0.4, -0.2) is 48.2 Å². The van der Waals surface area contributed by atoms with Gasteiger partial charge in [-0.25, -0.2) is 8.42 Å². The molecule has 0 aliphatic rings. The molecule has 0 radical (unpaired) electrons. The third-order valence-electron chi connectivity index (χ3n) is 3.81. The molecule has 0 heterocycles. The van der Waals surface area contributed by atoms with Crippen molar-refractivity contribution in [3.8, 4) is 5.75 Å². The molecule has 27 heavy (non-hydrogen) atoms. The fourth-order valence-corrected chi connectivity index (χ4v) is 3.86. The number of carbonyl (C=O) groups excluding carboxylic acids is 1. The van der Waals surface area contributed by atoms with Crippen LogP contribution in [0.3, 0.4) is 0 Å². The summed E-state index contributed by atoms with van der Waals surface area (Å²) in [6.07, 6.45) is 0.646. The van der Waals surface area contributed by atoms with Crippen molar-refractivity contribution in [1.82, 2.24) is 5.32 Å². The Kier molecular flexibility index (Phi) is 7.63. The van der Waals surface area contributed by atoms with Gasteiger partial charge in [0.15, 0.2) is 0 Å². The Morgan fingerprint density at radius 1 is 1.07 bits per heavy atom. The molecule has 0 saturated heterocycles. The minimum absolute atomic E-state index is 0.111. The zero-order valence-corrected chi connectivity index (χ0v) is 16.2. The van der Waals surface area contributed by atoms with E-state index in [2.05, 4.69) is 5.32 Å². The number of sulfonamides is 1. The predicted octanol–water partition coefficient (Wildman–Crippen LogP) is 2.04. The van der Waals surface area contributed by atoms with E-state index in [-0.39, 0.29) is 11.4 Å². The van der Waals surface area contributed by atoms with Crippen LogP contribution in [0.4, 0.5) is 5.69 Å². The molecule has 1 N–H and O–H groups in total. The van der Waals surface area contributed by atoms with Gasteiger partial charge in [0.05, 0.1) is 17.7 Å². The number of anilines is 1. The van der Waals surface area contributed by atoms with Crippen molar-refractivity contribution >= 4 is 21.6 Å². The predicted molar refractivity (Wildman–Crippen MR) is 103 cm³/mol. The van der Waals surface area contributed by atoms with Gasteiger partial charge in [0.2, 0.25) is 5.91 Å². The maximum absolute atomic E-state index is 13.1. The van der Waals surface area contributed by atoms with Gasteiger partial charge in [-0.05, 0) is 30.7 Å². The summed E-state index contributed by atoms with van der Waals surface area (Å²) in [5.74, 6) is 0.106. The fourth-order valence-electron chi connectivity index (χ4n) is 2.43. The molecule has 146 valence electrons. The molecule has 8 heteroatoms. The van der Waals surface area contributed by atoms with Crippen molar-refractivity contribution in [1.29, 1.82) is 0 Å². The molecule has 2 rings (SSSR count). The monoisotopic (exact) mass is 392 g/mol. The van der Waals surface area contributed by atoms with Gasteiger partial charge in [-0.2, -0.15) is 0 Å². The molecule has 0 aliphatic carbocycles. The van der Waals surface area contributed by atoms with Gasteiger partial charge in [0.25, 0.3) is 10.0 Å². The van der Waals surface area contributed by atoms with E-state index in [1.54, 1.807) is 49.6 Å². The number of amides is 1. The average molecular weight is 392 g/mol. The molecule has 1 amide bonds. The molecular weight excluding hydrogens is 368 g/mol. The van der Waals surface area contributed by atoms with E-state index in [9.17, 15) is 13.2 Å². The van der Waals surface area contributed by atoms with E-state index in [1.807, 2.05) is 0 Å². The van der Waals surface area contributed by atoms with Crippen molar-refractivity contribution in [2.45, 2.75) is 11.3 Å². The molecular formula is C19H24N2O5S. The Bertz CT molecular complexity index is 840. The van der Waals surface area contributed by atoms with Crippen LogP contribution >= 0.6 is 0 Å². The average Bonchev–Trinajstić information content (AvgIpc) is 2.70. The largest absolute Gasteiger partial charge is 0.497 e. The Labute approximate surface area is 160 Å². The normalized spacial score (nSPS) is 11.0. The van der Waals surface area contributed by atoms with E-state index >= 15 is 0 Å². The molecule has 0 saturated carbocycles. The van der Waals surface area contributed by atoms with Crippen LogP contribution in [-0.2, 0) is 19.6 Å². The molecule has 2 aromatic carbocycles. The number of hydrogen-bond donors (Lipinski definition) is 1. The lowest BCUT2D eigenvalue weighted by Crippen LogP contribution is -2.41. The quantitative estimate of drug-likeness (QED) is 0.626. The van der Waals surface area contributed by atoms with Crippen LogP contribution in [0, 0.1) is 0 Å². The van der Waals surface area contributed by atoms with Crippen molar-refractivity contribution < 1.29 is 22.7 Å². The van der Waals surface area contributed by atoms with E-state index in [0.717, 1.165) is 4.31 Å². The lowest BCUT2D eigenvalue weighted by atomic mass is 10.3. The molecule has 7 nitrogen and oxygen atoms in total. The number of carbonyl (C=O) groups is 1. The van der Waals surface area contributed by atoms with Gasteiger partial charge in [-0.3, -0.25) is 9.10 Å². The maximum atomic E-state index is 13.1. The standard InChI is InChI=1S/C19H24N2O5S/c1-25-13-7-12-20-19(22)15-21(16-8-6-9-17(14-16)26-2)27(23,24)18-10-4-3-5-11-18/h3-6,8-11,14H,7,12-13,15H2,1-2H3,(H,20,22). The van der Waals surface area contributed by atoms with E-state index in [0.29, 0.717) is 31.0 Å². The molecule has 2 aromatic rings. The SMILES string of the molecule is COCCCNC(=O)CN(c1cccc(OC)c1)S(=O)(=O)c1ccccc1. The highest BCUT2D eigenvalue weighted by Gasteiger charge is 2.27. The minimum atomic E-state index is -3.92. The highest BCUT2D eigenvalue weighted by Crippen LogP contribution is 2.26. The highest BCUT2D eigenvalue weighted by atomic mass is 32.2. The molecule has 0 fully saturated rings. The Morgan fingerprint density at radius 3 is 2.48 bits per heavy atom. The molecule has 0 atom stereocenters. The first-order valence-electron chi connectivity index (χ1n) is 8.46. The first-order valence-corrected chi connectivity index (χ1v) is 9.90. The van der Waals surface area contributed by atoms with Gasteiger partial charge in [-0.1, -0.05) is 24.3 Å². The maximum Gasteiger partial charge on any atom is 0.264 e. The topological polar surface area (TPSA) is 84.9 Å². The Balaban J connectivity index is 2.30. The first-order chi connectivity index (χ1) is 13.0. The van der Waals surface area contributed by atoms with Gasteiger partial charge in [0, 0.05) is 26.3 Å². The van der Waals surface area contributed by atoms with Crippen LogP contribution in [0.1, 0.15) is 6.42 Å². The molecule has 0 aliphatic heterocycles. The fraction of sp³-hybridized carbons (Fsp3) is 0.316. The Morgan fingerprint density at radius 2 is 1.81 bits per heavy atom. The second-order valence-electron chi connectivity index (χ2n) is 5.72. The number of methoxy groups -OCH3 is 2. The number of benzene rings is 2. The lowest BCUT2D eigenvalue weighted by molar-refractivity contribution is -0.119. The minimum Gasteiger partial charge on any atom is -0.497 e. The Hall–Kier alpha value is -2.58. The third-order valence-corrected chi connectivity index (χ3v) is 5.60. The number of nitrogens with one attached hydrogen (secondary N) is 1. The highest BCUT2D eigenvalue weighted by molar-refractivity contribution is 7.92. The summed E-state index contributed by atoms with van der Waals surface area (Å²) in [6, 6.07) is 14.6. The van der Waals surface area contributed by atoms with E-state index in [1.165, 1.54) is 19.2 Å². The number of hydrogen-bond acceptors (Lipinski definition) is 5. The summed E-state index contributed by atoms with van der Waals surface area (Å²) in [5, 5.41) is 2.71. The number of nitrogens with zero attached hydrogens (tertiary/aromatic N) is 1. The van der Waals surface area contributed by atoms with Gasteiger partial charge >= 0.3 is 0 Å². The van der Waals surface area contributed by atoms with E-state index < -0.39 is 15.9 Å². The summed E-state index contributed by atoms with van der Waals surface area (Å²) in [6.45, 7) is 0.587. The molecule has 0 bridgehead atoms. The number of ether oxygens (including phenoxy) is 2. The zero-order chi connectivity index (χ0) is 19.7. The molecule has 0 unspecified atom stereocenters. The van der Waals surface area contributed by atoms with Crippen LogP contribution in [0.5, 0.6) is 5.75 Å². The summed E-state index contributed by atoms with van der Waals surface area (Å²) < 4.78 is 37.5. The first kappa shape index (κ1) is 20.7. The summed E-state index contributed by atoms with van der Waals surface area (Å²) in [7, 11) is -0.837. The molecule has 0 spiro atoms. The third kappa shape index (κ3) is 5.70. The summed E-state index contributed by atoms with van der Waals surface area (Å²) >= 11 is 0. The zero-order valence-electron chi connectivity index (χ0n) is 15.4. The van der Waals surface area contributed by atoms with Crippen molar-refractivity contribution in [2.24, 2.45) is 0 Å². The van der Waals surface area contributed by atoms with Crippen molar-refractivity contribution in [3.05, 3.63) is 54.6 Å². The van der Waals surface area contributed by atoms with Crippen LogP contribution in [0.15, 0.2) is 59.5 Å². The molecule has 0 aromatic heterocycles. The number of rotatable bonds is 10. The van der Waals surface area contributed by atoms with Crippen molar-refractivity contribution in [3.63, 3.8) is 0 Å². The van der Waals surface area contributed by atoms with Crippen LogP contribution < -0.4 is 14.4 Å². The van der Waals surface area contributed by atoms with Gasteiger partial charge in [-0.15, -0.1) is 0 Å². The van der Waals surface area contributed by atoms with Gasteiger partial charge < -0.3 is 14.8 Å². The van der Waals surface area contributed by atoms with E-state index in [4.69, 9.17) is 9.47 Å². The second kappa shape index (κ2) is 9.94.